The van der Waals surface area contributed by atoms with Crippen LogP contribution in [0.15, 0.2) is 65.8 Å². The molecule has 0 radical (unpaired) electrons. The van der Waals surface area contributed by atoms with E-state index < -0.39 is 0 Å². The Morgan fingerprint density at radius 1 is 0.964 bits per heavy atom. The Morgan fingerprint density at radius 2 is 1.75 bits per heavy atom. The van der Waals surface area contributed by atoms with Gasteiger partial charge in [-0.3, -0.25) is 4.98 Å². The summed E-state index contributed by atoms with van der Waals surface area (Å²) in [4.78, 5) is 4.54. The zero-order valence-corrected chi connectivity index (χ0v) is 16.5. The summed E-state index contributed by atoms with van der Waals surface area (Å²) in [6, 6.07) is 10.3. The van der Waals surface area contributed by atoms with Crippen LogP contribution in [0, 0.1) is 6.92 Å². The van der Waals surface area contributed by atoms with Gasteiger partial charge in [0.1, 0.15) is 11.3 Å². The van der Waals surface area contributed by atoms with E-state index in [-0.39, 0.29) is 0 Å². The van der Waals surface area contributed by atoms with Crippen molar-refractivity contribution in [1.82, 2.24) is 4.98 Å². The first kappa shape index (κ1) is 18.0. The first-order valence-electron chi connectivity index (χ1n) is 9.52. The molecule has 0 unspecified atom stereocenters. The number of furan rings is 1. The lowest BCUT2D eigenvalue weighted by Gasteiger charge is -2.11. The number of hydrogen-bond acceptors (Lipinski definition) is 2. The second-order valence-corrected chi connectivity index (χ2v) is 6.76. The van der Waals surface area contributed by atoms with E-state index in [0.29, 0.717) is 0 Å². The fourth-order valence-corrected chi connectivity index (χ4v) is 4.00. The van der Waals surface area contributed by atoms with Gasteiger partial charge in [0.25, 0.3) is 0 Å². The molecule has 4 rings (SSSR count). The summed E-state index contributed by atoms with van der Waals surface area (Å²) in [5.74, 6) is 0.911. The molecule has 0 aliphatic carbocycles. The standard InChI is InChI=1S/C26H23NO/c1-5-10-18-19(11-6-2)21-14-15-22(23-13-8-9-16-27-23)26-25(21)24(17(4)28-26)20(18)12-7-3/h5-16H,3H2,1-2,4H3/b10-5-,11-6-,20-12-. The van der Waals surface area contributed by atoms with Crippen molar-refractivity contribution >= 4 is 40.0 Å². The Morgan fingerprint density at radius 3 is 2.43 bits per heavy atom. The first-order chi connectivity index (χ1) is 13.7. The van der Waals surface area contributed by atoms with Crippen LogP contribution < -0.4 is 5.22 Å². The number of allylic oxidation sites excluding steroid dienone is 3. The molecule has 0 saturated heterocycles. The molecular formula is C26H23NO. The van der Waals surface area contributed by atoms with Gasteiger partial charge in [0, 0.05) is 22.5 Å². The summed E-state index contributed by atoms with van der Waals surface area (Å²) in [7, 11) is 0. The predicted octanol–water partition coefficient (Wildman–Crippen LogP) is 6.71. The highest BCUT2D eigenvalue weighted by Crippen LogP contribution is 2.39. The number of pyridine rings is 1. The minimum atomic E-state index is 0.889. The quantitative estimate of drug-likeness (QED) is 0.402. The van der Waals surface area contributed by atoms with Crippen molar-refractivity contribution in [2.45, 2.75) is 20.8 Å². The number of aryl methyl sites for hydroxylation is 1. The van der Waals surface area contributed by atoms with Gasteiger partial charge in [-0.1, -0.05) is 55.2 Å². The van der Waals surface area contributed by atoms with Crippen LogP contribution in [0.2, 0.25) is 0 Å². The second kappa shape index (κ2) is 7.32. The summed E-state index contributed by atoms with van der Waals surface area (Å²) in [5, 5.41) is 4.62. The summed E-state index contributed by atoms with van der Waals surface area (Å²) in [5.41, 5.74) is 5.20. The Hall–Kier alpha value is -3.39. The molecule has 0 amide bonds. The molecule has 0 aliphatic rings. The van der Waals surface area contributed by atoms with Gasteiger partial charge in [0.15, 0.2) is 0 Å². The topological polar surface area (TPSA) is 26.0 Å². The number of aromatic nitrogens is 1. The molecule has 0 aliphatic heterocycles. The number of nitrogens with zero attached hydrogens (tertiary/aromatic N) is 1. The van der Waals surface area contributed by atoms with E-state index in [1.807, 2.05) is 51.2 Å². The van der Waals surface area contributed by atoms with Crippen LogP contribution in [0.4, 0.5) is 0 Å². The van der Waals surface area contributed by atoms with E-state index in [0.717, 1.165) is 38.6 Å². The van der Waals surface area contributed by atoms with Crippen molar-refractivity contribution in [2.24, 2.45) is 0 Å². The van der Waals surface area contributed by atoms with Crippen molar-refractivity contribution in [2.75, 3.05) is 0 Å². The van der Waals surface area contributed by atoms with E-state index in [4.69, 9.17) is 4.42 Å². The highest BCUT2D eigenvalue weighted by Gasteiger charge is 2.20. The summed E-state index contributed by atoms with van der Waals surface area (Å²) < 4.78 is 6.34. The lowest BCUT2D eigenvalue weighted by atomic mass is 9.91. The largest absolute Gasteiger partial charge is 0.460 e. The molecule has 0 N–H and O–H groups in total. The maximum absolute atomic E-state index is 6.34. The number of hydrogen-bond donors (Lipinski definition) is 0. The number of rotatable bonds is 4. The van der Waals surface area contributed by atoms with Crippen LogP contribution in [0.5, 0.6) is 0 Å². The Kier molecular flexibility index (Phi) is 4.70. The molecule has 0 saturated carbocycles. The average Bonchev–Trinajstić information content (AvgIpc) is 3.06. The average molecular weight is 365 g/mol. The SMILES string of the molecule is C=C/C=c1/c(/C=C\C)c(/C=C\C)c2ccc(-c3ccccn3)c3oc(C)c1c23. The minimum absolute atomic E-state index is 0.889. The van der Waals surface area contributed by atoms with Gasteiger partial charge in [-0.05, 0) is 60.7 Å². The lowest BCUT2D eigenvalue weighted by Crippen LogP contribution is -2.10. The van der Waals surface area contributed by atoms with Crippen molar-refractivity contribution in [3.8, 4) is 11.3 Å². The van der Waals surface area contributed by atoms with E-state index in [1.54, 1.807) is 0 Å². The van der Waals surface area contributed by atoms with E-state index in [9.17, 15) is 0 Å². The van der Waals surface area contributed by atoms with Crippen molar-refractivity contribution in [3.63, 3.8) is 0 Å². The molecule has 2 aromatic heterocycles. The van der Waals surface area contributed by atoms with Gasteiger partial charge in [-0.2, -0.15) is 0 Å². The van der Waals surface area contributed by atoms with Crippen LogP contribution in [0.1, 0.15) is 30.7 Å². The highest BCUT2D eigenvalue weighted by atomic mass is 16.3. The maximum atomic E-state index is 6.34. The Balaban J connectivity index is 2.28. The minimum Gasteiger partial charge on any atom is -0.460 e. The Bertz CT molecular complexity index is 1290. The van der Waals surface area contributed by atoms with Crippen LogP contribution in [0.3, 0.4) is 0 Å². The van der Waals surface area contributed by atoms with Gasteiger partial charge in [-0.25, -0.2) is 0 Å². The zero-order valence-electron chi connectivity index (χ0n) is 16.5. The first-order valence-corrected chi connectivity index (χ1v) is 9.52. The second-order valence-electron chi connectivity index (χ2n) is 6.76. The van der Waals surface area contributed by atoms with Crippen LogP contribution >= 0.6 is 0 Å². The molecule has 28 heavy (non-hydrogen) atoms. The van der Waals surface area contributed by atoms with Gasteiger partial charge in [0.2, 0.25) is 0 Å². The van der Waals surface area contributed by atoms with E-state index in [1.165, 1.54) is 16.5 Å². The molecule has 2 aromatic carbocycles. The summed E-state index contributed by atoms with van der Waals surface area (Å²) in [6.45, 7) is 10.1. The third-order valence-corrected chi connectivity index (χ3v) is 5.05. The third kappa shape index (κ3) is 2.69. The molecule has 2 nitrogen and oxygen atoms in total. The van der Waals surface area contributed by atoms with Gasteiger partial charge >= 0.3 is 0 Å². The van der Waals surface area contributed by atoms with E-state index in [2.05, 4.69) is 54.1 Å². The predicted molar refractivity (Wildman–Crippen MR) is 121 cm³/mol. The molecule has 2 heterocycles. The molecular weight excluding hydrogens is 342 g/mol. The van der Waals surface area contributed by atoms with Crippen LogP contribution in [0.25, 0.3) is 51.2 Å². The van der Waals surface area contributed by atoms with E-state index >= 15 is 0 Å². The highest BCUT2D eigenvalue weighted by molar-refractivity contribution is 6.17. The fraction of sp³-hybridized carbons (Fsp3) is 0.115. The molecule has 4 aromatic rings. The molecule has 0 spiro atoms. The normalized spacial score (nSPS) is 12.9. The summed E-state index contributed by atoms with van der Waals surface area (Å²) >= 11 is 0. The molecule has 138 valence electrons. The van der Waals surface area contributed by atoms with Crippen LogP contribution in [-0.2, 0) is 0 Å². The molecule has 2 heteroatoms. The van der Waals surface area contributed by atoms with Crippen molar-refractivity contribution in [1.29, 1.82) is 0 Å². The fourth-order valence-electron chi connectivity index (χ4n) is 4.00. The van der Waals surface area contributed by atoms with Gasteiger partial charge in [-0.15, -0.1) is 0 Å². The zero-order chi connectivity index (χ0) is 19.7. The third-order valence-electron chi connectivity index (χ3n) is 5.05. The van der Waals surface area contributed by atoms with Gasteiger partial charge in [0.05, 0.1) is 5.69 Å². The van der Waals surface area contributed by atoms with Crippen molar-refractivity contribution < 1.29 is 4.42 Å². The molecule has 0 atom stereocenters. The monoisotopic (exact) mass is 365 g/mol. The molecule has 0 bridgehead atoms. The maximum Gasteiger partial charge on any atom is 0.144 e. The number of benzene rings is 2. The lowest BCUT2D eigenvalue weighted by molar-refractivity contribution is 0.583. The van der Waals surface area contributed by atoms with Gasteiger partial charge < -0.3 is 4.42 Å². The van der Waals surface area contributed by atoms with Crippen molar-refractivity contribution in [3.05, 3.63) is 83.4 Å². The smallest absolute Gasteiger partial charge is 0.144 e. The van der Waals surface area contributed by atoms with Crippen LogP contribution in [-0.4, -0.2) is 4.98 Å². The summed E-state index contributed by atoms with van der Waals surface area (Å²) in [6.07, 6.45) is 14.2. The Labute approximate surface area is 165 Å². The molecule has 0 fully saturated rings.